The minimum atomic E-state index is -0.00528. The van der Waals surface area contributed by atoms with Crippen molar-refractivity contribution in [3.63, 3.8) is 0 Å². The van der Waals surface area contributed by atoms with E-state index in [4.69, 9.17) is 9.15 Å². The van der Waals surface area contributed by atoms with E-state index in [1.807, 2.05) is 61.9 Å². The molecule has 3 aromatic rings. The molecule has 28 heavy (non-hydrogen) atoms. The second kappa shape index (κ2) is 8.31. The Balaban J connectivity index is 1.38. The van der Waals surface area contributed by atoms with Gasteiger partial charge in [-0.3, -0.25) is 9.67 Å². The van der Waals surface area contributed by atoms with E-state index in [9.17, 15) is 0 Å². The van der Waals surface area contributed by atoms with Gasteiger partial charge in [0.1, 0.15) is 17.6 Å². The molecule has 3 heterocycles. The van der Waals surface area contributed by atoms with E-state index in [-0.39, 0.29) is 6.10 Å². The summed E-state index contributed by atoms with van der Waals surface area (Å²) in [5, 5.41) is 7.65. The third-order valence-corrected chi connectivity index (χ3v) is 4.82. The molecule has 146 valence electrons. The maximum Gasteiger partial charge on any atom is 0.194 e. The van der Waals surface area contributed by atoms with Crippen molar-refractivity contribution in [1.82, 2.24) is 20.0 Å². The van der Waals surface area contributed by atoms with E-state index in [1.165, 1.54) is 0 Å². The van der Waals surface area contributed by atoms with Crippen molar-refractivity contribution in [2.24, 2.45) is 12.0 Å². The van der Waals surface area contributed by atoms with Gasteiger partial charge in [0, 0.05) is 38.0 Å². The smallest absolute Gasteiger partial charge is 0.194 e. The Hall–Kier alpha value is -3.06. The van der Waals surface area contributed by atoms with Crippen LogP contribution in [-0.4, -0.2) is 47.4 Å². The fourth-order valence-corrected chi connectivity index (χ4v) is 3.38. The Morgan fingerprint density at radius 2 is 2.11 bits per heavy atom. The molecular formula is C21H25N5O2. The first-order chi connectivity index (χ1) is 13.7. The van der Waals surface area contributed by atoms with Crippen molar-refractivity contribution in [2.45, 2.75) is 12.6 Å². The lowest BCUT2D eigenvalue weighted by atomic mass is 10.1. The topological polar surface area (TPSA) is 67.8 Å². The summed E-state index contributed by atoms with van der Waals surface area (Å²) >= 11 is 0. The molecule has 0 spiro atoms. The van der Waals surface area contributed by atoms with Gasteiger partial charge in [0.2, 0.25) is 0 Å². The third kappa shape index (κ3) is 4.09. The Morgan fingerprint density at radius 1 is 1.25 bits per heavy atom. The van der Waals surface area contributed by atoms with E-state index in [0.717, 1.165) is 41.7 Å². The number of hydrogen-bond donors (Lipinski definition) is 1. The number of morpholine rings is 1. The van der Waals surface area contributed by atoms with Gasteiger partial charge < -0.3 is 19.4 Å². The summed E-state index contributed by atoms with van der Waals surface area (Å²) in [5.41, 5.74) is 2.16. The Bertz CT molecular complexity index is 931. The maximum atomic E-state index is 5.97. The second-order valence-corrected chi connectivity index (χ2v) is 6.79. The zero-order chi connectivity index (χ0) is 19.3. The van der Waals surface area contributed by atoms with Crippen molar-refractivity contribution in [2.75, 3.05) is 26.7 Å². The lowest BCUT2D eigenvalue weighted by molar-refractivity contribution is -0.00807. The van der Waals surface area contributed by atoms with E-state index in [1.54, 1.807) is 11.7 Å². The second-order valence-electron chi connectivity index (χ2n) is 6.79. The minimum Gasteiger partial charge on any atom is -0.459 e. The number of ether oxygens (including phenoxy) is 1. The number of nitrogens with one attached hydrogen (secondary N) is 1. The molecule has 0 saturated carbocycles. The molecule has 1 aliphatic heterocycles. The number of aryl methyl sites for hydroxylation is 1. The summed E-state index contributed by atoms with van der Waals surface area (Å²) in [6, 6.07) is 14.1. The summed E-state index contributed by atoms with van der Waals surface area (Å²) < 4.78 is 13.7. The largest absolute Gasteiger partial charge is 0.459 e. The van der Waals surface area contributed by atoms with Crippen LogP contribution in [0.15, 0.2) is 64.3 Å². The molecular weight excluding hydrogens is 354 g/mol. The molecule has 1 aromatic carbocycles. The first-order valence-electron chi connectivity index (χ1n) is 9.43. The van der Waals surface area contributed by atoms with Crippen LogP contribution in [0.25, 0.3) is 11.3 Å². The Kier molecular flexibility index (Phi) is 5.43. The number of guanidine groups is 1. The quantitative estimate of drug-likeness (QED) is 0.558. The van der Waals surface area contributed by atoms with Crippen molar-refractivity contribution < 1.29 is 9.15 Å². The zero-order valence-corrected chi connectivity index (χ0v) is 16.2. The van der Waals surface area contributed by atoms with Gasteiger partial charge in [-0.05, 0) is 12.1 Å². The molecule has 0 aliphatic carbocycles. The van der Waals surface area contributed by atoms with Crippen LogP contribution in [0.1, 0.15) is 17.4 Å². The van der Waals surface area contributed by atoms with Crippen LogP contribution in [0.5, 0.6) is 0 Å². The van der Waals surface area contributed by atoms with E-state index < -0.39 is 0 Å². The zero-order valence-electron chi connectivity index (χ0n) is 16.2. The predicted octanol–water partition coefficient (Wildman–Crippen LogP) is 2.83. The Labute approximate surface area is 164 Å². The molecule has 2 aromatic heterocycles. The highest BCUT2D eigenvalue weighted by molar-refractivity contribution is 5.80. The average molecular weight is 379 g/mol. The number of benzene rings is 1. The average Bonchev–Trinajstić information content (AvgIpc) is 3.39. The van der Waals surface area contributed by atoms with Gasteiger partial charge in [0.15, 0.2) is 5.96 Å². The highest BCUT2D eigenvalue weighted by atomic mass is 16.5. The lowest BCUT2D eigenvalue weighted by Gasteiger charge is -2.34. The number of rotatable bonds is 4. The fourth-order valence-electron chi connectivity index (χ4n) is 3.38. The van der Waals surface area contributed by atoms with Crippen LogP contribution in [-0.2, 0) is 18.3 Å². The molecule has 0 bridgehead atoms. The molecule has 4 rings (SSSR count). The summed E-state index contributed by atoms with van der Waals surface area (Å²) in [7, 11) is 3.71. The SMILES string of the molecule is CN=C(NCc1ccc(-c2ccccc2)o1)N1CCOC(c2cnn(C)c2)C1. The first-order valence-corrected chi connectivity index (χ1v) is 9.43. The molecule has 7 nitrogen and oxygen atoms in total. The Morgan fingerprint density at radius 3 is 2.86 bits per heavy atom. The fraction of sp³-hybridized carbons (Fsp3) is 0.333. The van der Waals surface area contributed by atoms with Gasteiger partial charge in [-0.15, -0.1) is 0 Å². The summed E-state index contributed by atoms with van der Waals surface area (Å²) in [4.78, 5) is 6.65. The van der Waals surface area contributed by atoms with Crippen molar-refractivity contribution >= 4 is 5.96 Å². The van der Waals surface area contributed by atoms with Crippen LogP contribution in [0, 0.1) is 0 Å². The summed E-state index contributed by atoms with van der Waals surface area (Å²) in [6.07, 6.45) is 3.85. The molecule has 1 saturated heterocycles. The molecule has 0 amide bonds. The number of hydrogen-bond acceptors (Lipinski definition) is 4. The van der Waals surface area contributed by atoms with Gasteiger partial charge in [0.05, 0.1) is 25.9 Å². The van der Waals surface area contributed by atoms with Crippen LogP contribution >= 0.6 is 0 Å². The van der Waals surface area contributed by atoms with Crippen molar-refractivity contribution in [1.29, 1.82) is 0 Å². The van der Waals surface area contributed by atoms with E-state index in [0.29, 0.717) is 13.2 Å². The molecule has 1 aliphatic rings. The summed E-state index contributed by atoms with van der Waals surface area (Å²) in [6.45, 7) is 2.76. The molecule has 0 radical (unpaired) electrons. The van der Waals surface area contributed by atoms with Crippen molar-refractivity contribution in [3.8, 4) is 11.3 Å². The van der Waals surface area contributed by atoms with Crippen LogP contribution in [0.3, 0.4) is 0 Å². The van der Waals surface area contributed by atoms with Crippen LogP contribution < -0.4 is 5.32 Å². The first kappa shape index (κ1) is 18.3. The normalized spacial score (nSPS) is 17.7. The number of aliphatic imine (C=N–C) groups is 1. The maximum absolute atomic E-state index is 5.97. The lowest BCUT2D eigenvalue weighted by Crippen LogP contribution is -2.47. The van der Waals surface area contributed by atoms with Crippen LogP contribution in [0.2, 0.25) is 0 Å². The monoisotopic (exact) mass is 379 g/mol. The molecule has 1 unspecified atom stereocenters. The minimum absolute atomic E-state index is 0.00528. The molecule has 1 atom stereocenters. The molecule has 1 fully saturated rings. The number of aromatic nitrogens is 2. The number of furan rings is 1. The van der Waals surface area contributed by atoms with E-state index in [2.05, 4.69) is 20.3 Å². The molecule has 7 heteroatoms. The number of nitrogens with zero attached hydrogens (tertiary/aromatic N) is 4. The van der Waals surface area contributed by atoms with E-state index >= 15 is 0 Å². The highest BCUT2D eigenvalue weighted by Crippen LogP contribution is 2.23. The van der Waals surface area contributed by atoms with Crippen LogP contribution in [0.4, 0.5) is 0 Å². The third-order valence-electron chi connectivity index (χ3n) is 4.82. The van der Waals surface area contributed by atoms with Gasteiger partial charge in [-0.25, -0.2) is 0 Å². The highest BCUT2D eigenvalue weighted by Gasteiger charge is 2.25. The van der Waals surface area contributed by atoms with Gasteiger partial charge >= 0.3 is 0 Å². The summed E-state index contributed by atoms with van der Waals surface area (Å²) in [5.74, 6) is 2.59. The van der Waals surface area contributed by atoms with Gasteiger partial charge in [-0.2, -0.15) is 5.10 Å². The van der Waals surface area contributed by atoms with Crippen molar-refractivity contribution in [3.05, 3.63) is 66.2 Å². The van der Waals surface area contributed by atoms with Gasteiger partial charge in [0.25, 0.3) is 0 Å². The predicted molar refractivity (Wildman–Crippen MR) is 108 cm³/mol. The standard InChI is InChI=1S/C21H25N5O2/c1-22-21(26-10-11-27-20(15-26)17-12-24-25(2)14-17)23-13-18-8-9-19(28-18)16-6-4-3-5-7-16/h3-9,12,14,20H,10-11,13,15H2,1-2H3,(H,22,23). The van der Waals surface area contributed by atoms with Gasteiger partial charge in [-0.1, -0.05) is 30.3 Å². The molecule has 1 N–H and O–H groups in total.